The number of quaternary nitrogens is 1. The maximum Gasteiger partial charge on any atom is 0.282 e. The Morgan fingerprint density at radius 2 is 1.96 bits per heavy atom. The molecular weight excluding hydrogens is 314 g/mol. The molecule has 1 aromatic rings. The van der Waals surface area contributed by atoms with E-state index in [1.807, 2.05) is 6.07 Å². The quantitative estimate of drug-likeness (QED) is 0.853. The number of allylic oxidation sites excluding steroid dienone is 2. The van der Waals surface area contributed by atoms with Crippen LogP contribution in [0, 0.1) is 0 Å². The molecule has 25 heavy (non-hydrogen) atoms. The number of piperazine rings is 1. The molecule has 3 aliphatic rings. The van der Waals surface area contributed by atoms with Crippen molar-refractivity contribution >= 4 is 11.9 Å². The van der Waals surface area contributed by atoms with Crippen LogP contribution in [0.5, 0.6) is 0 Å². The summed E-state index contributed by atoms with van der Waals surface area (Å²) in [6.07, 6.45) is 12.9. The minimum absolute atomic E-state index is 0.329. The van der Waals surface area contributed by atoms with Gasteiger partial charge in [-0.2, -0.15) is 0 Å². The maximum absolute atomic E-state index is 13.0. The minimum atomic E-state index is 0.329. The van der Waals surface area contributed by atoms with Gasteiger partial charge in [-0.15, -0.1) is 0 Å². The molecule has 2 fully saturated rings. The lowest BCUT2D eigenvalue weighted by molar-refractivity contribution is -0.892. The van der Waals surface area contributed by atoms with Crippen LogP contribution in [-0.2, 0) is 4.79 Å². The topological polar surface area (TPSA) is 53.8 Å². The fourth-order valence-electron chi connectivity index (χ4n) is 3.92. The van der Waals surface area contributed by atoms with Crippen molar-refractivity contribution in [1.82, 2.24) is 14.9 Å². The Morgan fingerprint density at radius 1 is 1.20 bits per heavy atom. The fraction of sp³-hybridized carbons (Fsp3) is 0.632. The van der Waals surface area contributed by atoms with Crippen LogP contribution in [0.4, 0.5) is 5.95 Å². The molecule has 6 heteroatoms. The van der Waals surface area contributed by atoms with E-state index in [2.05, 4.69) is 25.8 Å². The number of carbonyl (C=O) groups is 1. The number of hydrogen-bond donors (Lipinski definition) is 1. The summed E-state index contributed by atoms with van der Waals surface area (Å²) in [6, 6.07) is 2.33. The normalized spacial score (nSPS) is 21.8. The Hall–Kier alpha value is -1.95. The molecule has 1 saturated carbocycles. The van der Waals surface area contributed by atoms with Gasteiger partial charge in [-0.05, 0) is 44.6 Å². The molecule has 0 aromatic carbocycles. The van der Waals surface area contributed by atoms with E-state index in [4.69, 9.17) is 0 Å². The number of hydrogen-bond acceptors (Lipinski definition) is 4. The lowest BCUT2D eigenvalue weighted by Crippen LogP contribution is -3.16. The first-order valence-corrected chi connectivity index (χ1v) is 9.68. The van der Waals surface area contributed by atoms with Gasteiger partial charge in [0.05, 0.1) is 26.2 Å². The van der Waals surface area contributed by atoms with Crippen molar-refractivity contribution in [2.45, 2.75) is 44.6 Å². The summed E-state index contributed by atoms with van der Waals surface area (Å²) in [7, 11) is 0. The molecule has 2 aliphatic carbocycles. The summed E-state index contributed by atoms with van der Waals surface area (Å²) in [5.74, 6) is 1.13. The van der Waals surface area contributed by atoms with E-state index in [1.165, 1.54) is 36.3 Å². The highest BCUT2D eigenvalue weighted by molar-refractivity contribution is 5.79. The van der Waals surface area contributed by atoms with Gasteiger partial charge >= 0.3 is 0 Å². The Bertz CT molecular complexity index is 620. The predicted octanol–water partition coefficient (Wildman–Crippen LogP) is 0.630. The summed E-state index contributed by atoms with van der Waals surface area (Å²) >= 11 is 0. The zero-order valence-electron chi connectivity index (χ0n) is 14.9. The standard InChI is InChI=1S/C19H27N5O/c25-18(24(17-7-8-17)16-5-2-1-3-6-16)15-22-11-13-23(14-12-22)19-20-9-4-10-21-19/h4-5,9-10,17H,1-3,6-8,11-15H2/p+1. The molecule has 1 amide bonds. The lowest BCUT2D eigenvalue weighted by atomic mass is 10.0. The van der Waals surface area contributed by atoms with Crippen molar-refractivity contribution in [3.63, 3.8) is 0 Å². The summed E-state index contributed by atoms with van der Waals surface area (Å²) < 4.78 is 0. The van der Waals surface area contributed by atoms with E-state index < -0.39 is 0 Å². The van der Waals surface area contributed by atoms with Crippen LogP contribution >= 0.6 is 0 Å². The van der Waals surface area contributed by atoms with E-state index in [9.17, 15) is 4.79 Å². The van der Waals surface area contributed by atoms with Crippen molar-refractivity contribution in [3.05, 3.63) is 30.2 Å². The van der Waals surface area contributed by atoms with Crippen LogP contribution in [0.3, 0.4) is 0 Å². The molecule has 1 aliphatic heterocycles. The Kier molecular flexibility index (Phi) is 4.97. The van der Waals surface area contributed by atoms with E-state index in [0.29, 0.717) is 18.5 Å². The molecule has 1 saturated heterocycles. The van der Waals surface area contributed by atoms with Gasteiger partial charge in [0.1, 0.15) is 0 Å². The first-order valence-electron chi connectivity index (χ1n) is 9.68. The van der Waals surface area contributed by atoms with Gasteiger partial charge in [0, 0.05) is 24.1 Å². The SMILES string of the molecule is O=C(C[NH+]1CCN(c2ncccn2)CC1)N(C1=CCCCC1)C1CC1. The molecule has 134 valence electrons. The number of nitrogens with one attached hydrogen (secondary N) is 1. The molecular formula is C19H28N5O+. The van der Waals surface area contributed by atoms with Gasteiger partial charge in [0.25, 0.3) is 5.91 Å². The molecule has 0 spiro atoms. The van der Waals surface area contributed by atoms with Crippen LogP contribution < -0.4 is 9.80 Å². The number of anilines is 1. The van der Waals surface area contributed by atoms with Gasteiger partial charge in [0.2, 0.25) is 5.95 Å². The maximum atomic E-state index is 13.0. The van der Waals surface area contributed by atoms with Crippen molar-refractivity contribution < 1.29 is 9.69 Å². The zero-order valence-corrected chi connectivity index (χ0v) is 14.9. The minimum Gasteiger partial charge on any atom is -0.330 e. The molecule has 0 atom stereocenters. The van der Waals surface area contributed by atoms with Crippen LogP contribution in [0.25, 0.3) is 0 Å². The summed E-state index contributed by atoms with van der Waals surface area (Å²) in [5, 5.41) is 0. The average Bonchev–Trinajstić information content (AvgIpc) is 3.49. The molecule has 0 unspecified atom stereocenters. The van der Waals surface area contributed by atoms with Crippen molar-refractivity contribution in [1.29, 1.82) is 0 Å². The molecule has 0 radical (unpaired) electrons. The number of nitrogens with zero attached hydrogens (tertiary/aromatic N) is 4. The highest BCUT2D eigenvalue weighted by Gasteiger charge is 2.37. The zero-order chi connectivity index (χ0) is 17.1. The molecule has 4 rings (SSSR count). The Balaban J connectivity index is 1.33. The highest BCUT2D eigenvalue weighted by atomic mass is 16.2. The van der Waals surface area contributed by atoms with Crippen molar-refractivity contribution in [3.8, 4) is 0 Å². The first-order chi connectivity index (χ1) is 12.3. The number of carbonyl (C=O) groups excluding carboxylic acids is 1. The highest BCUT2D eigenvalue weighted by Crippen LogP contribution is 2.33. The van der Waals surface area contributed by atoms with E-state index in [-0.39, 0.29) is 0 Å². The molecule has 1 aromatic heterocycles. The number of amides is 1. The summed E-state index contributed by atoms with van der Waals surface area (Å²) in [5.41, 5.74) is 1.30. The monoisotopic (exact) mass is 342 g/mol. The molecule has 0 bridgehead atoms. The third kappa shape index (κ3) is 4.00. The van der Waals surface area contributed by atoms with Crippen LogP contribution in [0.2, 0.25) is 0 Å². The largest absolute Gasteiger partial charge is 0.330 e. The van der Waals surface area contributed by atoms with Gasteiger partial charge < -0.3 is 14.7 Å². The van der Waals surface area contributed by atoms with Gasteiger partial charge in [-0.3, -0.25) is 4.79 Å². The van der Waals surface area contributed by atoms with E-state index in [1.54, 1.807) is 12.4 Å². The fourth-order valence-corrected chi connectivity index (χ4v) is 3.92. The van der Waals surface area contributed by atoms with Crippen molar-refractivity contribution in [2.24, 2.45) is 0 Å². The molecule has 1 N–H and O–H groups in total. The van der Waals surface area contributed by atoms with Gasteiger partial charge in [-0.1, -0.05) is 6.08 Å². The Morgan fingerprint density at radius 3 is 2.60 bits per heavy atom. The second-order valence-corrected chi connectivity index (χ2v) is 7.40. The lowest BCUT2D eigenvalue weighted by Gasteiger charge is -2.34. The molecule has 2 heterocycles. The van der Waals surface area contributed by atoms with E-state index >= 15 is 0 Å². The van der Waals surface area contributed by atoms with E-state index in [0.717, 1.165) is 45.0 Å². The summed E-state index contributed by atoms with van der Waals surface area (Å²) in [6.45, 7) is 4.40. The van der Waals surface area contributed by atoms with Crippen LogP contribution in [-0.4, -0.2) is 59.5 Å². The van der Waals surface area contributed by atoms with Crippen molar-refractivity contribution in [2.75, 3.05) is 37.6 Å². The first kappa shape index (κ1) is 16.5. The number of aromatic nitrogens is 2. The second-order valence-electron chi connectivity index (χ2n) is 7.40. The Labute approximate surface area is 149 Å². The van der Waals surface area contributed by atoms with Crippen LogP contribution in [0.15, 0.2) is 30.2 Å². The molecule has 6 nitrogen and oxygen atoms in total. The van der Waals surface area contributed by atoms with Gasteiger partial charge in [-0.25, -0.2) is 9.97 Å². The number of rotatable bonds is 5. The predicted molar refractivity (Wildman–Crippen MR) is 96.2 cm³/mol. The van der Waals surface area contributed by atoms with Gasteiger partial charge in [0.15, 0.2) is 6.54 Å². The summed E-state index contributed by atoms with van der Waals surface area (Å²) in [4.78, 5) is 27.4. The third-order valence-electron chi connectivity index (χ3n) is 5.46. The average molecular weight is 342 g/mol. The smallest absolute Gasteiger partial charge is 0.282 e. The third-order valence-corrected chi connectivity index (χ3v) is 5.46. The van der Waals surface area contributed by atoms with Crippen LogP contribution in [0.1, 0.15) is 38.5 Å². The second kappa shape index (κ2) is 7.52.